The number of aromatic hydroxyl groups is 1. The number of benzene rings is 1. The molecule has 0 atom stereocenters. The van der Waals surface area contributed by atoms with Crippen molar-refractivity contribution in [2.75, 3.05) is 0 Å². The maximum Gasteiger partial charge on any atom is 0.257 e. The van der Waals surface area contributed by atoms with Gasteiger partial charge in [-0.3, -0.25) is 9.36 Å². The molecule has 0 saturated heterocycles. The Balaban J connectivity index is 2.04. The molecule has 1 aromatic heterocycles. The van der Waals surface area contributed by atoms with Crippen molar-refractivity contribution in [3.8, 4) is 17.1 Å². The number of para-hydroxylation sites is 1. The molecule has 1 saturated carbocycles. The van der Waals surface area contributed by atoms with Crippen molar-refractivity contribution in [1.82, 2.24) is 9.55 Å². The Morgan fingerprint density at radius 2 is 1.88 bits per heavy atom. The van der Waals surface area contributed by atoms with E-state index >= 15 is 0 Å². The first kappa shape index (κ1) is 18.7. The van der Waals surface area contributed by atoms with E-state index < -0.39 is 0 Å². The third-order valence-corrected chi connectivity index (χ3v) is 5.60. The quantitative estimate of drug-likeness (QED) is 0.820. The Kier molecular flexibility index (Phi) is 5.80. The van der Waals surface area contributed by atoms with Gasteiger partial charge in [0.25, 0.3) is 5.56 Å². The molecule has 140 valence electrons. The monoisotopic (exact) mass is 354 g/mol. The van der Waals surface area contributed by atoms with Gasteiger partial charge in [0.2, 0.25) is 0 Å². The molecule has 0 radical (unpaired) electrons. The van der Waals surface area contributed by atoms with E-state index in [2.05, 4.69) is 0 Å². The van der Waals surface area contributed by atoms with Gasteiger partial charge in [0.1, 0.15) is 11.6 Å². The van der Waals surface area contributed by atoms with Crippen molar-refractivity contribution >= 4 is 0 Å². The first-order chi connectivity index (χ1) is 12.5. The Bertz CT molecular complexity index is 817. The number of hydrogen-bond acceptors (Lipinski definition) is 3. The lowest BCUT2D eigenvalue weighted by atomic mass is 9.87. The van der Waals surface area contributed by atoms with E-state index in [1.807, 2.05) is 32.9 Å². The van der Waals surface area contributed by atoms with Gasteiger partial charge < -0.3 is 5.11 Å². The summed E-state index contributed by atoms with van der Waals surface area (Å²) < 4.78 is 1.80. The molecule has 0 aliphatic heterocycles. The SMILES string of the molecule is Cc1nc(-c2ccccc2O)n(CCC2CCCCC2)c(=O)c1C(C)C. The highest BCUT2D eigenvalue weighted by Gasteiger charge is 2.21. The van der Waals surface area contributed by atoms with Crippen molar-refractivity contribution in [2.24, 2.45) is 5.92 Å². The molecule has 4 nitrogen and oxygen atoms in total. The van der Waals surface area contributed by atoms with E-state index in [-0.39, 0.29) is 17.2 Å². The first-order valence-corrected chi connectivity index (χ1v) is 9.88. The summed E-state index contributed by atoms with van der Waals surface area (Å²) in [4.78, 5) is 18.0. The second-order valence-electron chi connectivity index (χ2n) is 7.86. The molecular weight excluding hydrogens is 324 g/mol. The number of rotatable bonds is 5. The maximum absolute atomic E-state index is 13.3. The third-order valence-electron chi connectivity index (χ3n) is 5.60. The summed E-state index contributed by atoms with van der Waals surface area (Å²) in [7, 11) is 0. The van der Waals surface area contributed by atoms with Crippen LogP contribution in [0.4, 0.5) is 0 Å². The van der Waals surface area contributed by atoms with Crippen molar-refractivity contribution in [1.29, 1.82) is 0 Å². The van der Waals surface area contributed by atoms with Crippen LogP contribution in [0, 0.1) is 12.8 Å². The van der Waals surface area contributed by atoms with Crippen LogP contribution in [0.5, 0.6) is 5.75 Å². The van der Waals surface area contributed by atoms with Gasteiger partial charge in [-0.15, -0.1) is 0 Å². The highest BCUT2D eigenvalue weighted by atomic mass is 16.3. The lowest BCUT2D eigenvalue weighted by molar-refractivity contribution is 0.322. The van der Waals surface area contributed by atoms with Crippen LogP contribution in [-0.2, 0) is 6.54 Å². The molecule has 26 heavy (non-hydrogen) atoms. The van der Waals surface area contributed by atoms with Gasteiger partial charge in [0, 0.05) is 17.8 Å². The molecule has 4 heteroatoms. The Morgan fingerprint density at radius 3 is 2.54 bits per heavy atom. The predicted octanol–water partition coefficient (Wildman–Crippen LogP) is 5.02. The summed E-state index contributed by atoms with van der Waals surface area (Å²) in [5, 5.41) is 10.3. The second-order valence-corrected chi connectivity index (χ2v) is 7.86. The number of nitrogens with zero attached hydrogens (tertiary/aromatic N) is 2. The van der Waals surface area contributed by atoms with Crippen LogP contribution in [0.1, 0.15) is 69.5 Å². The predicted molar refractivity (Wildman–Crippen MR) is 106 cm³/mol. The van der Waals surface area contributed by atoms with Crippen molar-refractivity contribution < 1.29 is 5.11 Å². The van der Waals surface area contributed by atoms with Crippen LogP contribution >= 0.6 is 0 Å². The molecule has 1 aliphatic carbocycles. The average Bonchev–Trinajstić information content (AvgIpc) is 2.61. The highest BCUT2D eigenvalue weighted by molar-refractivity contribution is 5.64. The molecule has 0 spiro atoms. The minimum absolute atomic E-state index is 0.0431. The molecule has 1 aliphatic rings. The summed E-state index contributed by atoms with van der Waals surface area (Å²) in [5.74, 6) is 1.58. The van der Waals surface area contributed by atoms with E-state index in [9.17, 15) is 9.90 Å². The van der Waals surface area contributed by atoms with Crippen molar-refractivity contribution in [3.05, 3.63) is 45.9 Å². The molecule has 0 amide bonds. The van der Waals surface area contributed by atoms with Gasteiger partial charge in [-0.1, -0.05) is 58.1 Å². The zero-order valence-electron chi connectivity index (χ0n) is 16.2. The van der Waals surface area contributed by atoms with Crippen LogP contribution in [0.3, 0.4) is 0 Å². The fourth-order valence-corrected chi connectivity index (χ4v) is 4.20. The number of hydrogen-bond donors (Lipinski definition) is 1. The zero-order chi connectivity index (χ0) is 18.7. The lowest BCUT2D eigenvalue weighted by Crippen LogP contribution is -2.29. The van der Waals surface area contributed by atoms with E-state index in [1.165, 1.54) is 32.1 Å². The van der Waals surface area contributed by atoms with E-state index in [1.54, 1.807) is 16.7 Å². The van der Waals surface area contributed by atoms with Crippen LogP contribution in [0.25, 0.3) is 11.4 Å². The summed E-state index contributed by atoms with van der Waals surface area (Å²) >= 11 is 0. The van der Waals surface area contributed by atoms with Gasteiger partial charge in [-0.05, 0) is 37.3 Å². The second kappa shape index (κ2) is 8.07. The normalized spacial score (nSPS) is 15.5. The van der Waals surface area contributed by atoms with Crippen LogP contribution < -0.4 is 5.56 Å². The third kappa shape index (κ3) is 3.84. The first-order valence-electron chi connectivity index (χ1n) is 9.88. The molecule has 3 rings (SSSR count). The number of aryl methyl sites for hydroxylation is 1. The van der Waals surface area contributed by atoms with E-state index in [0.717, 1.165) is 17.7 Å². The zero-order valence-corrected chi connectivity index (χ0v) is 16.2. The van der Waals surface area contributed by atoms with Crippen LogP contribution in [-0.4, -0.2) is 14.7 Å². The Morgan fingerprint density at radius 1 is 1.19 bits per heavy atom. The molecule has 2 aromatic rings. The number of phenolic OH excluding ortho intramolecular Hbond substituents is 1. The fraction of sp³-hybridized carbons (Fsp3) is 0.545. The van der Waals surface area contributed by atoms with E-state index in [0.29, 0.717) is 23.9 Å². The smallest absolute Gasteiger partial charge is 0.257 e. The fourth-order valence-electron chi connectivity index (χ4n) is 4.20. The Labute approximate surface area is 155 Å². The summed E-state index contributed by atoms with van der Waals surface area (Å²) in [6.45, 7) is 6.64. The number of aromatic nitrogens is 2. The molecule has 1 heterocycles. The minimum Gasteiger partial charge on any atom is -0.507 e. The molecule has 0 unspecified atom stereocenters. The molecule has 1 fully saturated rings. The Hall–Kier alpha value is -2.10. The van der Waals surface area contributed by atoms with Gasteiger partial charge >= 0.3 is 0 Å². The topological polar surface area (TPSA) is 55.1 Å². The molecular formula is C22H30N2O2. The maximum atomic E-state index is 13.3. The molecule has 1 aromatic carbocycles. The summed E-state index contributed by atoms with van der Waals surface area (Å²) in [5.41, 5.74) is 2.22. The standard InChI is InChI=1S/C22H30N2O2/c1-15(2)20-16(3)23-21(18-11-7-8-12-19(18)25)24(22(20)26)14-13-17-9-5-4-6-10-17/h7-8,11-12,15,17,25H,4-6,9-10,13-14H2,1-3H3. The van der Waals surface area contributed by atoms with Gasteiger partial charge in [-0.25, -0.2) is 4.98 Å². The van der Waals surface area contributed by atoms with Gasteiger partial charge in [0.15, 0.2) is 0 Å². The summed E-state index contributed by atoms with van der Waals surface area (Å²) in [6, 6.07) is 7.15. The average molecular weight is 354 g/mol. The number of phenols is 1. The minimum atomic E-state index is 0.0431. The van der Waals surface area contributed by atoms with Gasteiger partial charge in [-0.2, -0.15) is 0 Å². The van der Waals surface area contributed by atoms with Gasteiger partial charge in [0.05, 0.1) is 5.56 Å². The largest absolute Gasteiger partial charge is 0.507 e. The van der Waals surface area contributed by atoms with Crippen LogP contribution in [0.2, 0.25) is 0 Å². The summed E-state index contributed by atoms with van der Waals surface area (Å²) in [6.07, 6.45) is 7.46. The molecule has 1 N–H and O–H groups in total. The highest BCUT2D eigenvalue weighted by Crippen LogP contribution is 2.30. The molecule has 0 bridgehead atoms. The van der Waals surface area contributed by atoms with Crippen molar-refractivity contribution in [2.45, 2.75) is 71.8 Å². The van der Waals surface area contributed by atoms with E-state index in [4.69, 9.17) is 4.98 Å². The lowest BCUT2D eigenvalue weighted by Gasteiger charge is -2.23. The van der Waals surface area contributed by atoms with Crippen molar-refractivity contribution in [3.63, 3.8) is 0 Å². The van der Waals surface area contributed by atoms with Crippen LogP contribution in [0.15, 0.2) is 29.1 Å².